The summed E-state index contributed by atoms with van der Waals surface area (Å²) in [5, 5.41) is 9.14. The van der Waals surface area contributed by atoms with Crippen LogP contribution in [0.4, 0.5) is 0 Å². The smallest absolute Gasteiger partial charge is 0.0471 e. The van der Waals surface area contributed by atoms with Crippen LogP contribution in [0.3, 0.4) is 0 Å². The van der Waals surface area contributed by atoms with Gasteiger partial charge in [-0.2, -0.15) is 0 Å². The van der Waals surface area contributed by atoms with E-state index in [2.05, 4.69) is 59.7 Å². The standard InChI is InChI=1S/C16H26O/c1-15(2,3)13-8-7-12(9-10-17)14(11-13)16(4,5)6/h7-8,11,17H,9-10H2,1-6H3. The number of benzene rings is 1. The minimum Gasteiger partial charge on any atom is -0.396 e. The second-order valence-electron chi connectivity index (χ2n) is 6.85. The highest BCUT2D eigenvalue weighted by molar-refractivity contribution is 5.39. The molecule has 0 bridgehead atoms. The summed E-state index contributed by atoms with van der Waals surface area (Å²) in [5.74, 6) is 0. The molecule has 0 saturated heterocycles. The third-order valence-electron chi connectivity index (χ3n) is 3.17. The van der Waals surface area contributed by atoms with Gasteiger partial charge in [0.15, 0.2) is 0 Å². The summed E-state index contributed by atoms with van der Waals surface area (Å²) in [6.45, 7) is 13.6. The topological polar surface area (TPSA) is 20.2 Å². The van der Waals surface area contributed by atoms with Crippen molar-refractivity contribution in [2.45, 2.75) is 58.8 Å². The van der Waals surface area contributed by atoms with Crippen LogP contribution < -0.4 is 0 Å². The molecule has 0 unspecified atom stereocenters. The van der Waals surface area contributed by atoms with E-state index < -0.39 is 0 Å². The maximum atomic E-state index is 9.14. The summed E-state index contributed by atoms with van der Waals surface area (Å²) >= 11 is 0. The van der Waals surface area contributed by atoms with Crippen molar-refractivity contribution in [1.82, 2.24) is 0 Å². The van der Waals surface area contributed by atoms with E-state index in [-0.39, 0.29) is 17.4 Å². The van der Waals surface area contributed by atoms with Crippen molar-refractivity contribution in [2.75, 3.05) is 6.61 Å². The van der Waals surface area contributed by atoms with Crippen molar-refractivity contribution < 1.29 is 5.11 Å². The molecule has 1 heteroatoms. The first kappa shape index (κ1) is 14.2. The van der Waals surface area contributed by atoms with Crippen LogP contribution in [0.1, 0.15) is 58.2 Å². The monoisotopic (exact) mass is 234 g/mol. The number of hydrogen-bond acceptors (Lipinski definition) is 1. The van der Waals surface area contributed by atoms with E-state index in [0.717, 1.165) is 6.42 Å². The van der Waals surface area contributed by atoms with Crippen molar-refractivity contribution in [2.24, 2.45) is 0 Å². The van der Waals surface area contributed by atoms with Crippen molar-refractivity contribution in [1.29, 1.82) is 0 Å². The quantitative estimate of drug-likeness (QED) is 0.825. The molecular weight excluding hydrogens is 208 g/mol. The zero-order chi connectivity index (χ0) is 13.3. The Kier molecular flexibility index (Phi) is 4.03. The maximum absolute atomic E-state index is 9.14. The predicted molar refractivity (Wildman–Crippen MR) is 74.6 cm³/mol. The average molecular weight is 234 g/mol. The fourth-order valence-corrected chi connectivity index (χ4v) is 2.08. The summed E-state index contributed by atoms with van der Waals surface area (Å²) in [5.41, 5.74) is 4.31. The van der Waals surface area contributed by atoms with Gasteiger partial charge in [-0.1, -0.05) is 59.7 Å². The molecule has 1 N–H and O–H groups in total. The SMILES string of the molecule is CC(C)(C)c1ccc(CCO)c(C(C)(C)C)c1. The lowest BCUT2D eigenvalue weighted by molar-refractivity contribution is 0.298. The molecule has 0 aliphatic heterocycles. The van der Waals surface area contributed by atoms with E-state index >= 15 is 0 Å². The van der Waals surface area contributed by atoms with Gasteiger partial charge in [0.05, 0.1) is 0 Å². The molecule has 1 aromatic carbocycles. The van der Waals surface area contributed by atoms with Gasteiger partial charge in [0.25, 0.3) is 0 Å². The number of aliphatic hydroxyl groups is 1. The molecule has 0 amide bonds. The Morgan fingerprint density at radius 1 is 0.941 bits per heavy atom. The Morgan fingerprint density at radius 2 is 1.53 bits per heavy atom. The second-order valence-corrected chi connectivity index (χ2v) is 6.85. The Balaban J connectivity index is 3.30. The van der Waals surface area contributed by atoms with Gasteiger partial charge in [0, 0.05) is 6.61 Å². The highest BCUT2D eigenvalue weighted by atomic mass is 16.2. The van der Waals surface area contributed by atoms with Gasteiger partial charge in [-0.3, -0.25) is 0 Å². The molecule has 0 spiro atoms. The van der Waals surface area contributed by atoms with Crippen LogP contribution in [0.15, 0.2) is 18.2 Å². The Morgan fingerprint density at radius 3 is 1.94 bits per heavy atom. The fourth-order valence-electron chi connectivity index (χ4n) is 2.08. The largest absolute Gasteiger partial charge is 0.396 e. The summed E-state index contributed by atoms with van der Waals surface area (Å²) in [7, 11) is 0. The lowest BCUT2D eigenvalue weighted by Crippen LogP contribution is -2.18. The molecule has 0 aliphatic carbocycles. The van der Waals surface area contributed by atoms with Crippen LogP contribution in [0.5, 0.6) is 0 Å². The summed E-state index contributed by atoms with van der Waals surface area (Å²) in [6, 6.07) is 6.68. The molecular formula is C16H26O. The fraction of sp³-hybridized carbons (Fsp3) is 0.625. The van der Waals surface area contributed by atoms with Gasteiger partial charge in [0.2, 0.25) is 0 Å². The summed E-state index contributed by atoms with van der Waals surface area (Å²) in [6.07, 6.45) is 0.747. The van der Waals surface area contributed by atoms with Gasteiger partial charge in [-0.15, -0.1) is 0 Å². The Labute approximate surface area is 106 Å². The number of rotatable bonds is 2. The molecule has 1 nitrogen and oxygen atoms in total. The molecule has 0 saturated carbocycles. The first-order valence-corrected chi connectivity index (χ1v) is 6.41. The first-order chi connectivity index (χ1) is 7.66. The highest BCUT2D eigenvalue weighted by Crippen LogP contribution is 2.31. The number of hydrogen-bond donors (Lipinski definition) is 1. The predicted octanol–water partition coefficient (Wildman–Crippen LogP) is 3.82. The van der Waals surface area contributed by atoms with Crippen LogP contribution in [-0.4, -0.2) is 11.7 Å². The molecule has 0 radical (unpaired) electrons. The highest BCUT2D eigenvalue weighted by Gasteiger charge is 2.21. The molecule has 0 aliphatic rings. The van der Waals surface area contributed by atoms with Crippen molar-refractivity contribution in [3.8, 4) is 0 Å². The van der Waals surface area contributed by atoms with Gasteiger partial charge in [-0.05, 0) is 33.9 Å². The van der Waals surface area contributed by atoms with Crippen LogP contribution in [-0.2, 0) is 17.3 Å². The van der Waals surface area contributed by atoms with Gasteiger partial charge in [-0.25, -0.2) is 0 Å². The van der Waals surface area contributed by atoms with E-state index in [4.69, 9.17) is 5.11 Å². The second kappa shape index (κ2) is 4.81. The lowest BCUT2D eigenvalue weighted by atomic mass is 9.78. The van der Waals surface area contributed by atoms with Crippen molar-refractivity contribution in [3.63, 3.8) is 0 Å². The molecule has 0 aromatic heterocycles. The van der Waals surface area contributed by atoms with Crippen LogP contribution in [0.2, 0.25) is 0 Å². The molecule has 0 atom stereocenters. The third-order valence-corrected chi connectivity index (χ3v) is 3.17. The Hall–Kier alpha value is -0.820. The molecule has 0 fully saturated rings. The first-order valence-electron chi connectivity index (χ1n) is 6.41. The normalized spacial score (nSPS) is 12.9. The zero-order valence-electron chi connectivity index (χ0n) is 12.1. The van der Waals surface area contributed by atoms with Crippen LogP contribution in [0.25, 0.3) is 0 Å². The lowest BCUT2D eigenvalue weighted by Gasteiger charge is -2.27. The van der Waals surface area contributed by atoms with Crippen molar-refractivity contribution in [3.05, 3.63) is 34.9 Å². The van der Waals surface area contributed by atoms with E-state index in [0.29, 0.717) is 0 Å². The minimum atomic E-state index is 0.131. The molecule has 1 rings (SSSR count). The maximum Gasteiger partial charge on any atom is 0.0471 e. The number of aliphatic hydroxyl groups excluding tert-OH is 1. The molecule has 17 heavy (non-hydrogen) atoms. The van der Waals surface area contributed by atoms with Gasteiger partial charge >= 0.3 is 0 Å². The van der Waals surface area contributed by atoms with Gasteiger partial charge in [0.1, 0.15) is 0 Å². The third kappa shape index (κ3) is 3.57. The summed E-state index contributed by atoms with van der Waals surface area (Å²) in [4.78, 5) is 0. The van der Waals surface area contributed by atoms with Crippen molar-refractivity contribution >= 4 is 0 Å². The van der Waals surface area contributed by atoms with Crippen LogP contribution in [0, 0.1) is 0 Å². The molecule has 0 heterocycles. The van der Waals surface area contributed by atoms with Crippen LogP contribution >= 0.6 is 0 Å². The molecule has 96 valence electrons. The Bertz CT molecular complexity index is 377. The zero-order valence-corrected chi connectivity index (χ0v) is 12.1. The van der Waals surface area contributed by atoms with E-state index in [9.17, 15) is 0 Å². The average Bonchev–Trinajstić information content (AvgIpc) is 2.15. The molecule has 1 aromatic rings. The summed E-state index contributed by atoms with van der Waals surface area (Å²) < 4.78 is 0. The minimum absolute atomic E-state index is 0.131. The van der Waals surface area contributed by atoms with E-state index in [1.807, 2.05) is 0 Å². The van der Waals surface area contributed by atoms with Gasteiger partial charge < -0.3 is 5.11 Å². The van der Waals surface area contributed by atoms with E-state index in [1.54, 1.807) is 0 Å². The van der Waals surface area contributed by atoms with E-state index in [1.165, 1.54) is 16.7 Å².